The van der Waals surface area contributed by atoms with E-state index in [1.54, 1.807) is 0 Å². The van der Waals surface area contributed by atoms with Gasteiger partial charge in [-0.3, -0.25) is 4.90 Å². The molecule has 1 aliphatic heterocycles. The molecule has 1 amide bonds. The van der Waals surface area contributed by atoms with E-state index >= 15 is 0 Å². The Hall–Kier alpha value is -1.51. The molecule has 2 heterocycles. The molecule has 0 spiro atoms. The SMILES string of the molecule is Cc1ccc2c(ccc3[nH]c([C@@H]4C[C@@H]5CCC[C@@H]5N4C(=O)OC(C)(C)C)nc32)c1.S.S.S. The topological polar surface area (TPSA) is 58.2 Å². The van der Waals surface area contributed by atoms with E-state index in [2.05, 4.69) is 42.2 Å². The van der Waals surface area contributed by atoms with Crippen molar-refractivity contribution in [3.8, 4) is 0 Å². The number of amides is 1. The van der Waals surface area contributed by atoms with Crippen LogP contribution < -0.4 is 0 Å². The molecule has 1 aliphatic carbocycles. The van der Waals surface area contributed by atoms with E-state index in [1.807, 2.05) is 25.7 Å². The molecule has 5 nitrogen and oxygen atoms in total. The number of hydrogen-bond donors (Lipinski definition) is 1. The molecule has 1 saturated heterocycles. The molecule has 2 aliphatic rings. The van der Waals surface area contributed by atoms with Gasteiger partial charge in [0.15, 0.2) is 0 Å². The number of nitrogens with one attached hydrogen (secondary N) is 1. The number of aromatic nitrogens is 2. The van der Waals surface area contributed by atoms with E-state index in [1.165, 1.54) is 23.8 Å². The lowest BCUT2D eigenvalue weighted by Crippen LogP contribution is -2.41. The van der Waals surface area contributed by atoms with Crippen LogP contribution in [0, 0.1) is 12.8 Å². The summed E-state index contributed by atoms with van der Waals surface area (Å²) >= 11 is 0. The first kappa shape index (κ1) is 26.7. The van der Waals surface area contributed by atoms with Crippen molar-refractivity contribution in [2.45, 2.75) is 71.1 Å². The molecule has 8 heteroatoms. The van der Waals surface area contributed by atoms with Crippen LogP contribution in [0.1, 0.15) is 63.9 Å². The summed E-state index contributed by atoms with van der Waals surface area (Å²) in [5.41, 5.74) is 2.75. The Labute approximate surface area is 211 Å². The normalized spacial score (nSPS) is 22.1. The number of rotatable bonds is 1. The van der Waals surface area contributed by atoms with Gasteiger partial charge in [0.05, 0.1) is 17.1 Å². The van der Waals surface area contributed by atoms with Crippen LogP contribution in [0.25, 0.3) is 21.8 Å². The molecule has 1 saturated carbocycles. The minimum atomic E-state index is -0.500. The number of nitrogens with zero attached hydrogens (tertiary/aromatic N) is 2. The minimum absolute atomic E-state index is 0. The van der Waals surface area contributed by atoms with Crippen molar-refractivity contribution in [1.29, 1.82) is 0 Å². The van der Waals surface area contributed by atoms with Gasteiger partial charge >= 0.3 is 6.09 Å². The van der Waals surface area contributed by atoms with Gasteiger partial charge in [-0.2, -0.15) is 40.5 Å². The third-order valence-electron chi connectivity index (χ3n) is 6.40. The van der Waals surface area contributed by atoms with Crippen molar-refractivity contribution in [2.24, 2.45) is 5.92 Å². The lowest BCUT2D eigenvalue weighted by atomic mass is 10.0. The summed E-state index contributed by atoms with van der Waals surface area (Å²) in [4.78, 5) is 23.6. The Balaban J connectivity index is 0.00000121. The van der Waals surface area contributed by atoms with Gasteiger partial charge in [-0.15, -0.1) is 0 Å². The van der Waals surface area contributed by atoms with E-state index in [0.717, 1.165) is 35.1 Å². The second-order valence-electron chi connectivity index (χ2n) is 9.71. The highest BCUT2D eigenvalue weighted by atomic mass is 32.1. The second-order valence-corrected chi connectivity index (χ2v) is 9.71. The highest BCUT2D eigenvalue weighted by Crippen LogP contribution is 2.47. The average molecular weight is 494 g/mol. The highest BCUT2D eigenvalue weighted by Gasteiger charge is 2.48. The summed E-state index contributed by atoms with van der Waals surface area (Å²) in [5.74, 6) is 1.42. The second kappa shape index (κ2) is 9.77. The fourth-order valence-corrected chi connectivity index (χ4v) is 5.21. The van der Waals surface area contributed by atoms with Gasteiger partial charge in [-0.1, -0.05) is 36.2 Å². The zero-order chi connectivity index (χ0) is 20.3. The van der Waals surface area contributed by atoms with Crippen LogP contribution >= 0.6 is 40.5 Å². The van der Waals surface area contributed by atoms with Gasteiger partial charge in [0, 0.05) is 11.4 Å². The van der Waals surface area contributed by atoms with Gasteiger partial charge in [-0.05, 0) is 64.3 Å². The quantitative estimate of drug-likeness (QED) is 0.438. The number of hydrogen-bond acceptors (Lipinski definition) is 3. The Kier molecular flexibility index (Phi) is 8.17. The molecule has 3 aromatic rings. The van der Waals surface area contributed by atoms with E-state index in [4.69, 9.17) is 9.72 Å². The fourth-order valence-electron chi connectivity index (χ4n) is 5.21. The number of benzene rings is 2. The van der Waals surface area contributed by atoms with Crippen molar-refractivity contribution >= 4 is 68.4 Å². The molecule has 2 aromatic carbocycles. The number of likely N-dealkylation sites (tertiary alicyclic amines) is 1. The van der Waals surface area contributed by atoms with E-state index in [9.17, 15) is 4.79 Å². The van der Waals surface area contributed by atoms with Gasteiger partial charge < -0.3 is 9.72 Å². The number of aryl methyl sites for hydroxylation is 1. The predicted molar refractivity (Wildman–Crippen MR) is 146 cm³/mol. The first-order valence-corrected chi connectivity index (χ1v) is 10.7. The number of fused-ring (bicyclic) bond motifs is 4. The summed E-state index contributed by atoms with van der Waals surface area (Å²) in [6.07, 6.45) is 4.18. The van der Waals surface area contributed by atoms with Gasteiger partial charge in [0.2, 0.25) is 0 Å². The molecular formula is C24H35N3O2S3. The van der Waals surface area contributed by atoms with Crippen LogP contribution in [0.4, 0.5) is 4.79 Å². The summed E-state index contributed by atoms with van der Waals surface area (Å²) in [7, 11) is 0. The lowest BCUT2D eigenvalue weighted by molar-refractivity contribution is 0.0130. The van der Waals surface area contributed by atoms with Crippen LogP contribution in [0.5, 0.6) is 0 Å². The summed E-state index contributed by atoms with van der Waals surface area (Å²) < 4.78 is 5.78. The van der Waals surface area contributed by atoms with Gasteiger partial charge in [0.25, 0.3) is 0 Å². The molecule has 5 rings (SSSR count). The largest absolute Gasteiger partial charge is 0.444 e. The molecule has 0 radical (unpaired) electrons. The third kappa shape index (κ3) is 4.73. The van der Waals surface area contributed by atoms with Crippen LogP contribution in [-0.2, 0) is 4.74 Å². The van der Waals surface area contributed by atoms with E-state index < -0.39 is 5.60 Å². The highest BCUT2D eigenvalue weighted by molar-refractivity contribution is 7.59. The fraction of sp³-hybridized carbons (Fsp3) is 0.500. The molecule has 1 N–H and O–H groups in total. The maximum atomic E-state index is 13.1. The minimum Gasteiger partial charge on any atom is -0.444 e. The molecule has 3 atom stereocenters. The average Bonchev–Trinajstić information content (AvgIpc) is 3.32. The number of H-pyrrole nitrogens is 1. The van der Waals surface area contributed by atoms with Crippen LogP contribution in [0.2, 0.25) is 0 Å². The first-order valence-electron chi connectivity index (χ1n) is 10.7. The number of carbonyl (C=O) groups excluding carboxylic acids is 1. The Bertz CT molecular complexity index is 1110. The molecule has 0 unspecified atom stereocenters. The zero-order valence-corrected chi connectivity index (χ0v) is 22.2. The number of imidazole rings is 1. The molecule has 176 valence electrons. The lowest BCUT2D eigenvalue weighted by Gasteiger charge is -2.31. The standard InChI is InChI=1S/C24H29N3O2.3H2S/c1-14-8-10-17-15(12-14)9-11-18-21(17)26-22(25-18)20-13-16-6-5-7-19(16)27(20)23(28)29-24(2,3)4;;;/h8-12,16,19-20H,5-7,13H2,1-4H3,(H,25,26);3*1H2/t16-,19-,20-;;;/m0.../s1. The summed E-state index contributed by atoms with van der Waals surface area (Å²) in [5, 5.41) is 2.35. The number of aromatic amines is 1. The van der Waals surface area contributed by atoms with Crippen molar-refractivity contribution < 1.29 is 9.53 Å². The van der Waals surface area contributed by atoms with E-state index in [-0.39, 0.29) is 58.7 Å². The zero-order valence-electron chi connectivity index (χ0n) is 19.2. The maximum Gasteiger partial charge on any atom is 0.411 e. The predicted octanol–water partition coefficient (Wildman–Crippen LogP) is 6.21. The molecule has 0 bridgehead atoms. The van der Waals surface area contributed by atoms with Crippen LogP contribution in [0.15, 0.2) is 30.3 Å². The third-order valence-corrected chi connectivity index (χ3v) is 6.40. The van der Waals surface area contributed by atoms with Crippen molar-refractivity contribution in [1.82, 2.24) is 14.9 Å². The first-order chi connectivity index (χ1) is 13.8. The molecule has 1 aromatic heterocycles. The monoisotopic (exact) mass is 493 g/mol. The summed E-state index contributed by atoms with van der Waals surface area (Å²) in [6, 6.07) is 10.9. The molecular weight excluding hydrogens is 458 g/mol. The number of carbonyl (C=O) groups is 1. The Morgan fingerprint density at radius 1 is 1.12 bits per heavy atom. The van der Waals surface area contributed by atoms with E-state index in [0.29, 0.717) is 5.92 Å². The Morgan fingerprint density at radius 3 is 2.59 bits per heavy atom. The smallest absolute Gasteiger partial charge is 0.411 e. The van der Waals surface area contributed by atoms with Crippen molar-refractivity contribution in [3.63, 3.8) is 0 Å². The van der Waals surface area contributed by atoms with Crippen molar-refractivity contribution in [3.05, 3.63) is 41.7 Å². The van der Waals surface area contributed by atoms with Crippen LogP contribution in [-0.4, -0.2) is 32.6 Å². The summed E-state index contributed by atoms with van der Waals surface area (Å²) in [6.45, 7) is 7.89. The van der Waals surface area contributed by atoms with Gasteiger partial charge in [-0.25, -0.2) is 9.78 Å². The van der Waals surface area contributed by atoms with Gasteiger partial charge in [0.1, 0.15) is 11.4 Å². The number of ether oxygens (including phenoxy) is 1. The molecule has 2 fully saturated rings. The molecule has 32 heavy (non-hydrogen) atoms. The van der Waals surface area contributed by atoms with Crippen LogP contribution in [0.3, 0.4) is 0 Å². The Morgan fingerprint density at radius 2 is 1.88 bits per heavy atom. The maximum absolute atomic E-state index is 13.1. The van der Waals surface area contributed by atoms with Crippen molar-refractivity contribution in [2.75, 3.05) is 0 Å².